The molecule has 0 saturated carbocycles. The Kier molecular flexibility index (Phi) is 15.2. The Labute approximate surface area is 390 Å². The van der Waals surface area contributed by atoms with Crippen molar-refractivity contribution in [2.75, 3.05) is 13.2 Å². The number of ether oxygens (including phenoxy) is 8. The van der Waals surface area contributed by atoms with Crippen LogP contribution in [0.1, 0.15) is 66.8 Å². The number of carbonyl (C=O) groups excluding carboxylic acids is 4. The molecular formula is C54H46O14. The van der Waals surface area contributed by atoms with E-state index in [4.69, 9.17) is 42.3 Å². The second-order valence-electron chi connectivity index (χ2n) is 15.5. The predicted molar refractivity (Wildman–Crippen MR) is 247 cm³/mol. The highest BCUT2D eigenvalue weighted by Crippen LogP contribution is 2.37. The highest BCUT2D eigenvalue weighted by molar-refractivity contribution is 5.92. The molecule has 68 heavy (non-hydrogen) atoms. The van der Waals surface area contributed by atoms with Crippen LogP contribution in [-0.2, 0) is 30.3 Å². The lowest BCUT2D eigenvalue weighted by atomic mass is 9.97. The molecule has 0 unspecified atom stereocenters. The van der Waals surface area contributed by atoms with Crippen LogP contribution < -0.4 is 19.8 Å². The van der Waals surface area contributed by atoms with Crippen LogP contribution in [-0.4, -0.2) is 67.8 Å². The van der Waals surface area contributed by atoms with Crippen LogP contribution in [0.5, 0.6) is 17.2 Å². The Morgan fingerprint density at radius 2 is 1.04 bits per heavy atom. The number of benzene rings is 6. The fraction of sp³-hybridized carbons (Fsp3) is 0.204. The maximum Gasteiger partial charge on any atom is 0.383 e. The Morgan fingerprint density at radius 1 is 0.544 bits per heavy atom. The van der Waals surface area contributed by atoms with Crippen LogP contribution in [0.25, 0.3) is 11.0 Å². The number of unbranched alkanes of at least 4 members (excludes halogenated alkanes) is 1. The molecule has 0 bridgehead atoms. The average Bonchev–Trinajstić information content (AvgIpc) is 3.38. The van der Waals surface area contributed by atoms with Crippen molar-refractivity contribution in [3.8, 4) is 17.2 Å². The summed E-state index contributed by atoms with van der Waals surface area (Å²) in [6, 6.07) is 46.2. The van der Waals surface area contributed by atoms with Crippen molar-refractivity contribution in [2.24, 2.45) is 0 Å². The molecule has 7 aromatic rings. The van der Waals surface area contributed by atoms with Crippen molar-refractivity contribution < 1.29 is 61.5 Å². The van der Waals surface area contributed by atoms with Gasteiger partial charge in [0.05, 0.1) is 34.2 Å². The second kappa shape index (κ2) is 22.3. The van der Waals surface area contributed by atoms with Crippen LogP contribution in [0.3, 0.4) is 0 Å². The second-order valence-corrected chi connectivity index (χ2v) is 15.5. The molecule has 6 aromatic carbocycles. The van der Waals surface area contributed by atoms with E-state index in [0.29, 0.717) is 11.8 Å². The standard InChI is InChI=1S/C54H46O14/c1-2-3-31-60-47-44(61-33-35-19-9-4-10-20-35)41-30-29-40(32-42(41)64-53(47)59)63-54-48(68-52(58)39-27-17-8-18-28-39)46(67-51(57)38-25-15-7-16-26-38)45(66-50(56)37-23-13-6-14-24-37)43(65-54)34-62-49(55)36-21-11-5-12-22-36/h4-30,32,43,45-46,48,54H,2-3,31,33-34H2,1H3/t43-,45+,46+,48-,54-/m1/s1. The van der Waals surface area contributed by atoms with Gasteiger partial charge in [-0.25, -0.2) is 24.0 Å². The SMILES string of the molecule is CCCCOc1c(OCc2ccccc2)c2ccc(O[C@@H]3O[C@H](COC(=O)c4ccccc4)[C@H](OC(=O)c4ccccc4)[C@H](OC(=O)c4ccccc4)[C@H]3OC(=O)c3ccccc3)cc2oc1=O. The molecule has 0 amide bonds. The quantitative estimate of drug-likeness (QED) is 0.0345. The number of fused-ring (bicyclic) bond motifs is 1. The summed E-state index contributed by atoms with van der Waals surface area (Å²) in [4.78, 5) is 69.0. The monoisotopic (exact) mass is 918 g/mol. The van der Waals surface area contributed by atoms with E-state index in [1.807, 2.05) is 37.3 Å². The summed E-state index contributed by atoms with van der Waals surface area (Å²) in [7, 11) is 0. The average molecular weight is 919 g/mol. The van der Waals surface area contributed by atoms with Crippen molar-refractivity contribution in [1.29, 1.82) is 0 Å². The van der Waals surface area contributed by atoms with E-state index in [-0.39, 0.29) is 58.3 Å². The molecule has 2 heterocycles. The minimum absolute atomic E-state index is 0.0352. The molecule has 1 fully saturated rings. The zero-order chi connectivity index (χ0) is 47.2. The lowest BCUT2D eigenvalue weighted by molar-refractivity contribution is -0.275. The smallest absolute Gasteiger partial charge is 0.383 e. The summed E-state index contributed by atoms with van der Waals surface area (Å²) in [6.07, 6.45) is -6.51. The molecule has 0 N–H and O–H groups in total. The summed E-state index contributed by atoms with van der Waals surface area (Å²) < 4.78 is 55.3. The first-order chi connectivity index (χ1) is 33.2. The third-order valence-electron chi connectivity index (χ3n) is 10.8. The van der Waals surface area contributed by atoms with E-state index < -0.39 is 66.8 Å². The van der Waals surface area contributed by atoms with Gasteiger partial charge in [-0.05, 0) is 72.6 Å². The maximum absolute atomic E-state index is 14.1. The minimum atomic E-state index is -1.67. The number of carbonyl (C=O) groups is 4. The van der Waals surface area contributed by atoms with Gasteiger partial charge in [0.2, 0.25) is 18.1 Å². The number of hydrogen-bond acceptors (Lipinski definition) is 14. The van der Waals surface area contributed by atoms with Gasteiger partial charge < -0.3 is 42.3 Å². The number of rotatable bonds is 18. The first-order valence-electron chi connectivity index (χ1n) is 22.0. The van der Waals surface area contributed by atoms with E-state index in [2.05, 4.69) is 0 Å². The third-order valence-corrected chi connectivity index (χ3v) is 10.8. The van der Waals surface area contributed by atoms with Gasteiger partial charge in [-0.1, -0.05) is 116 Å². The summed E-state index contributed by atoms with van der Waals surface area (Å²) in [6.45, 7) is 1.80. The molecule has 346 valence electrons. The molecule has 5 atom stereocenters. The van der Waals surface area contributed by atoms with Crippen LogP contribution in [0.4, 0.5) is 0 Å². The molecule has 1 aliphatic rings. The first kappa shape index (κ1) is 46.3. The van der Waals surface area contributed by atoms with Crippen LogP contribution in [0.15, 0.2) is 179 Å². The van der Waals surface area contributed by atoms with Crippen LogP contribution in [0, 0.1) is 0 Å². The Hall–Kier alpha value is -8.23. The maximum atomic E-state index is 14.1. The van der Waals surface area contributed by atoms with Crippen molar-refractivity contribution in [1.82, 2.24) is 0 Å². The van der Waals surface area contributed by atoms with Gasteiger partial charge in [-0.2, -0.15) is 0 Å². The minimum Gasteiger partial charge on any atom is -0.484 e. The van der Waals surface area contributed by atoms with Crippen molar-refractivity contribution in [2.45, 2.75) is 57.1 Å². The van der Waals surface area contributed by atoms with Crippen molar-refractivity contribution in [3.63, 3.8) is 0 Å². The molecular weight excluding hydrogens is 873 g/mol. The zero-order valence-corrected chi connectivity index (χ0v) is 36.8. The largest absolute Gasteiger partial charge is 0.484 e. The number of hydrogen-bond donors (Lipinski definition) is 0. The van der Waals surface area contributed by atoms with Gasteiger partial charge in [0.1, 0.15) is 30.7 Å². The molecule has 1 aromatic heterocycles. The molecule has 0 spiro atoms. The van der Waals surface area contributed by atoms with Gasteiger partial charge >= 0.3 is 29.5 Å². The van der Waals surface area contributed by atoms with Gasteiger partial charge in [0, 0.05) is 6.07 Å². The normalized spacial score (nSPS) is 17.6. The van der Waals surface area contributed by atoms with Gasteiger partial charge in [-0.3, -0.25) is 0 Å². The molecule has 0 radical (unpaired) electrons. The summed E-state index contributed by atoms with van der Waals surface area (Å²) in [5.41, 5.74) is 0.704. The van der Waals surface area contributed by atoms with Gasteiger partial charge in [0.15, 0.2) is 18.0 Å². The molecule has 0 aliphatic carbocycles. The summed E-state index contributed by atoms with van der Waals surface area (Å²) in [5.74, 6) is -3.22. The third kappa shape index (κ3) is 11.4. The first-order valence-corrected chi connectivity index (χ1v) is 22.0. The lowest BCUT2D eigenvalue weighted by Gasteiger charge is -2.44. The molecule has 14 nitrogen and oxygen atoms in total. The van der Waals surface area contributed by atoms with Crippen LogP contribution >= 0.6 is 0 Å². The Bertz CT molecular complexity index is 2850. The molecule has 8 rings (SSSR count). The highest BCUT2D eigenvalue weighted by Gasteiger charge is 2.54. The Morgan fingerprint density at radius 3 is 1.59 bits per heavy atom. The molecule has 1 aliphatic heterocycles. The number of esters is 4. The van der Waals surface area contributed by atoms with Gasteiger partial charge in [-0.15, -0.1) is 0 Å². The van der Waals surface area contributed by atoms with Crippen molar-refractivity contribution >= 4 is 34.8 Å². The van der Waals surface area contributed by atoms with E-state index in [1.54, 1.807) is 97.1 Å². The molecule has 1 saturated heterocycles. The zero-order valence-electron chi connectivity index (χ0n) is 36.8. The van der Waals surface area contributed by atoms with Crippen molar-refractivity contribution in [3.05, 3.63) is 208 Å². The van der Waals surface area contributed by atoms with E-state index in [1.165, 1.54) is 42.5 Å². The topological polar surface area (TPSA) is 172 Å². The highest BCUT2D eigenvalue weighted by atomic mass is 16.7. The summed E-state index contributed by atoms with van der Waals surface area (Å²) in [5, 5.41) is 0.379. The fourth-order valence-corrected chi connectivity index (χ4v) is 7.28. The Balaban J connectivity index is 1.21. The summed E-state index contributed by atoms with van der Waals surface area (Å²) >= 11 is 0. The van der Waals surface area contributed by atoms with E-state index >= 15 is 0 Å². The van der Waals surface area contributed by atoms with Crippen LogP contribution in [0.2, 0.25) is 0 Å². The fourth-order valence-electron chi connectivity index (χ4n) is 7.28. The predicted octanol–water partition coefficient (Wildman–Crippen LogP) is 9.19. The van der Waals surface area contributed by atoms with E-state index in [9.17, 15) is 24.0 Å². The van der Waals surface area contributed by atoms with Gasteiger partial charge in [0.25, 0.3) is 0 Å². The lowest BCUT2D eigenvalue weighted by Crippen LogP contribution is -2.63. The van der Waals surface area contributed by atoms with E-state index in [0.717, 1.165) is 12.0 Å². The molecule has 14 heteroatoms.